The van der Waals surface area contributed by atoms with E-state index in [1.807, 2.05) is 25.1 Å². The van der Waals surface area contributed by atoms with E-state index in [2.05, 4.69) is 6.07 Å². The minimum absolute atomic E-state index is 0.179. The second-order valence-corrected chi connectivity index (χ2v) is 4.17. The van der Waals surface area contributed by atoms with Crippen LogP contribution in [0.25, 0.3) is 0 Å². The number of hydrogen-bond donors (Lipinski definition) is 1. The highest BCUT2D eigenvalue weighted by Crippen LogP contribution is 2.36. The van der Waals surface area contributed by atoms with E-state index in [4.69, 9.17) is 4.74 Å². The molecule has 2 atom stereocenters. The molecular formula is C13H18O2. The van der Waals surface area contributed by atoms with Crippen molar-refractivity contribution >= 4 is 0 Å². The van der Waals surface area contributed by atoms with Gasteiger partial charge in [0, 0.05) is 0 Å². The van der Waals surface area contributed by atoms with Crippen molar-refractivity contribution < 1.29 is 9.84 Å². The summed E-state index contributed by atoms with van der Waals surface area (Å²) in [6.07, 6.45) is 2.53. The Morgan fingerprint density at radius 1 is 1.47 bits per heavy atom. The van der Waals surface area contributed by atoms with Gasteiger partial charge < -0.3 is 9.84 Å². The van der Waals surface area contributed by atoms with E-state index >= 15 is 0 Å². The maximum Gasteiger partial charge on any atom is 0.122 e. The Hall–Kier alpha value is -1.02. The second-order valence-electron chi connectivity index (χ2n) is 4.17. The Balaban J connectivity index is 2.15. The molecule has 82 valence electrons. The van der Waals surface area contributed by atoms with Crippen molar-refractivity contribution in [1.82, 2.24) is 0 Å². The summed E-state index contributed by atoms with van der Waals surface area (Å²) >= 11 is 0. The van der Waals surface area contributed by atoms with E-state index in [-0.39, 0.29) is 6.10 Å². The van der Waals surface area contributed by atoms with E-state index in [1.54, 1.807) is 0 Å². The lowest BCUT2D eigenvalue weighted by molar-refractivity contribution is 0.139. The Labute approximate surface area is 90.9 Å². The lowest BCUT2D eigenvalue weighted by Gasteiger charge is -2.27. The lowest BCUT2D eigenvalue weighted by Crippen LogP contribution is -2.18. The van der Waals surface area contributed by atoms with E-state index in [0.717, 1.165) is 31.6 Å². The maximum atomic E-state index is 9.69. The van der Waals surface area contributed by atoms with Crippen LogP contribution in [0, 0.1) is 0 Å². The van der Waals surface area contributed by atoms with Gasteiger partial charge in [-0.2, -0.15) is 0 Å². The fraction of sp³-hybridized carbons (Fsp3) is 0.538. The summed E-state index contributed by atoms with van der Waals surface area (Å²) in [6, 6.07) is 8.16. The summed E-state index contributed by atoms with van der Waals surface area (Å²) in [6.45, 7) is 2.80. The van der Waals surface area contributed by atoms with Crippen molar-refractivity contribution in [3.63, 3.8) is 0 Å². The van der Waals surface area contributed by atoms with Gasteiger partial charge in [0.2, 0.25) is 0 Å². The van der Waals surface area contributed by atoms with Crippen LogP contribution in [0.3, 0.4) is 0 Å². The number of para-hydroxylation sites is 1. The number of aliphatic hydroxyl groups is 1. The first-order chi connectivity index (χ1) is 7.31. The van der Waals surface area contributed by atoms with E-state index in [1.165, 1.54) is 5.56 Å². The molecule has 0 bridgehead atoms. The third kappa shape index (κ3) is 2.32. The van der Waals surface area contributed by atoms with E-state index in [0.29, 0.717) is 5.92 Å². The Bertz CT molecular complexity index is 322. The SMILES string of the molecule is CCC(O)CC1CCOc2ccccc21. The van der Waals surface area contributed by atoms with Gasteiger partial charge in [-0.3, -0.25) is 0 Å². The molecule has 0 saturated carbocycles. The van der Waals surface area contributed by atoms with Crippen molar-refractivity contribution in [1.29, 1.82) is 0 Å². The normalized spacial score (nSPS) is 21.6. The highest BCUT2D eigenvalue weighted by molar-refractivity contribution is 5.37. The second kappa shape index (κ2) is 4.67. The van der Waals surface area contributed by atoms with Gasteiger partial charge in [-0.25, -0.2) is 0 Å². The minimum Gasteiger partial charge on any atom is -0.493 e. The molecule has 0 aliphatic carbocycles. The van der Waals surface area contributed by atoms with Crippen LogP contribution < -0.4 is 4.74 Å². The van der Waals surface area contributed by atoms with Crippen LogP contribution in [0.15, 0.2) is 24.3 Å². The van der Waals surface area contributed by atoms with Gasteiger partial charge in [-0.05, 0) is 36.8 Å². The number of aliphatic hydroxyl groups excluding tert-OH is 1. The first kappa shape index (κ1) is 10.5. The van der Waals surface area contributed by atoms with Crippen LogP contribution in [-0.2, 0) is 0 Å². The zero-order valence-electron chi connectivity index (χ0n) is 9.15. The number of rotatable bonds is 3. The summed E-state index contributed by atoms with van der Waals surface area (Å²) in [7, 11) is 0. The summed E-state index contributed by atoms with van der Waals surface area (Å²) in [5.41, 5.74) is 1.26. The lowest BCUT2D eigenvalue weighted by atomic mass is 9.88. The largest absolute Gasteiger partial charge is 0.493 e. The van der Waals surface area contributed by atoms with Crippen molar-refractivity contribution in [3.8, 4) is 5.75 Å². The molecule has 0 amide bonds. The van der Waals surface area contributed by atoms with Gasteiger partial charge in [0.05, 0.1) is 12.7 Å². The zero-order chi connectivity index (χ0) is 10.7. The van der Waals surface area contributed by atoms with E-state index < -0.39 is 0 Å². The fourth-order valence-corrected chi connectivity index (χ4v) is 2.16. The standard InChI is InChI=1S/C13H18O2/c1-2-11(14)9-10-7-8-15-13-6-4-3-5-12(10)13/h3-6,10-11,14H,2,7-9H2,1H3. The first-order valence-corrected chi connectivity index (χ1v) is 5.71. The molecule has 1 aliphatic heterocycles. The molecule has 0 spiro atoms. The Kier molecular flexibility index (Phi) is 3.27. The average molecular weight is 206 g/mol. The van der Waals surface area contributed by atoms with Crippen LogP contribution in [0.1, 0.15) is 37.7 Å². The molecule has 1 N–H and O–H groups in total. The monoisotopic (exact) mass is 206 g/mol. The predicted octanol–water partition coefficient (Wildman–Crippen LogP) is 2.71. The molecule has 2 nitrogen and oxygen atoms in total. The highest BCUT2D eigenvalue weighted by Gasteiger charge is 2.22. The molecule has 1 heterocycles. The molecule has 2 heteroatoms. The zero-order valence-corrected chi connectivity index (χ0v) is 9.15. The van der Waals surface area contributed by atoms with Gasteiger partial charge in [-0.1, -0.05) is 25.1 Å². The topological polar surface area (TPSA) is 29.5 Å². The van der Waals surface area contributed by atoms with Crippen molar-refractivity contribution in [2.75, 3.05) is 6.61 Å². The van der Waals surface area contributed by atoms with Gasteiger partial charge in [0.25, 0.3) is 0 Å². The predicted molar refractivity (Wildman–Crippen MR) is 60.2 cm³/mol. The molecule has 0 fully saturated rings. The molecule has 0 radical (unpaired) electrons. The molecule has 0 aromatic heterocycles. The highest BCUT2D eigenvalue weighted by atomic mass is 16.5. The van der Waals surface area contributed by atoms with Crippen molar-refractivity contribution in [3.05, 3.63) is 29.8 Å². The van der Waals surface area contributed by atoms with Gasteiger partial charge in [0.15, 0.2) is 0 Å². The smallest absolute Gasteiger partial charge is 0.122 e. The van der Waals surface area contributed by atoms with Crippen LogP contribution >= 0.6 is 0 Å². The number of benzene rings is 1. The molecule has 2 unspecified atom stereocenters. The number of ether oxygens (including phenoxy) is 1. The van der Waals surface area contributed by atoms with Gasteiger partial charge in [0.1, 0.15) is 5.75 Å². The third-order valence-corrected chi connectivity index (χ3v) is 3.11. The van der Waals surface area contributed by atoms with Crippen molar-refractivity contribution in [2.45, 2.75) is 38.2 Å². The molecule has 1 aromatic carbocycles. The fourth-order valence-electron chi connectivity index (χ4n) is 2.16. The Morgan fingerprint density at radius 2 is 2.27 bits per heavy atom. The van der Waals surface area contributed by atoms with Crippen molar-refractivity contribution in [2.24, 2.45) is 0 Å². The van der Waals surface area contributed by atoms with Gasteiger partial charge >= 0.3 is 0 Å². The molecule has 15 heavy (non-hydrogen) atoms. The first-order valence-electron chi connectivity index (χ1n) is 5.71. The third-order valence-electron chi connectivity index (χ3n) is 3.11. The molecule has 0 saturated heterocycles. The quantitative estimate of drug-likeness (QED) is 0.824. The Morgan fingerprint density at radius 3 is 3.07 bits per heavy atom. The average Bonchev–Trinajstić information content (AvgIpc) is 2.29. The van der Waals surface area contributed by atoms with Gasteiger partial charge in [-0.15, -0.1) is 0 Å². The number of fused-ring (bicyclic) bond motifs is 1. The van der Waals surface area contributed by atoms with Crippen LogP contribution in [0.5, 0.6) is 5.75 Å². The van der Waals surface area contributed by atoms with E-state index in [9.17, 15) is 5.11 Å². The summed E-state index contributed by atoms with van der Waals surface area (Å²) < 4.78 is 5.59. The van der Waals surface area contributed by atoms with Crippen LogP contribution in [0.4, 0.5) is 0 Å². The number of hydrogen-bond acceptors (Lipinski definition) is 2. The molecule has 2 rings (SSSR count). The summed E-state index contributed by atoms with van der Waals surface area (Å²) in [5, 5.41) is 9.69. The summed E-state index contributed by atoms with van der Waals surface area (Å²) in [4.78, 5) is 0. The molecule has 1 aliphatic rings. The molecular weight excluding hydrogens is 188 g/mol. The van der Waals surface area contributed by atoms with Crippen LogP contribution in [0.2, 0.25) is 0 Å². The van der Waals surface area contributed by atoms with Crippen LogP contribution in [-0.4, -0.2) is 17.8 Å². The maximum absolute atomic E-state index is 9.69. The molecule has 1 aromatic rings. The minimum atomic E-state index is -0.179. The summed E-state index contributed by atoms with van der Waals surface area (Å²) in [5.74, 6) is 1.46.